The lowest BCUT2D eigenvalue weighted by molar-refractivity contribution is -0.131. The zero-order chi connectivity index (χ0) is 14.2. The number of carbonyl (C=O) groups is 1. The van der Waals surface area contributed by atoms with Crippen LogP contribution in [0.5, 0.6) is 0 Å². The summed E-state index contributed by atoms with van der Waals surface area (Å²) in [5.41, 5.74) is 4.05. The summed E-state index contributed by atoms with van der Waals surface area (Å²) in [6, 6.07) is 12.9. The molecule has 0 spiro atoms. The van der Waals surface area contributed by atoms with Gasteiger partial charge in [0.05, 0.1) is 6.21 Å². The molecule has 0 unspecified atom stereocenters. The first-order valence-corrected chi connectivity index (χ1v) is 6.12. The van der Waals surface area contributed by atoms with Crippen LogP contribution in [0.4, 0.5) is 0 Å². The van der Waals surface area contributed by atoms with Gasteiger partial charge >= 0.3 is 0 Å². The molecule has 0 aliphatic heterocycles. The molecule has 1 aromatic carbocycles. The van der Waals surface area contributed by atoms with E-state index in [4.69, 9.17) is 4.74 Å². The SMILES string of the molecule is CO[C@@H](C(=O)N/N=C\c1cccnc1)c1ccccc1. The van der Waals surface area contributed by atoms with Crippen LogP contribution in [0.25, 0.3) is 0 Å². The van der Waals surface area contributed by atoms with Gasteiger partial charge in [0.25, 0.3) is 5.91 Å². The van der Waals surface area contributed by atoms with Gasteiger partial charge in [0.15, 0.2) is 6.10 Å². The first-order chi connectivity index (χ1) is 9.81. The molecule has 0 aliphatic rings. The van der Waals surface area contributed by atoms with Gasteiger partial charge in [0, 0.05) is 25.1 Å². The van der Waals surface area contributed by atoms with Crippen LogP contribution in [-0.2, 0) is 9.53 Å². The van der Waals surface area contributed by atoms with E-state index < -0.39 is 6.10 Å². The van der Waals surface area contributed by atoms with Gasteiger partial charge in [-0.1, -0.05) is 36.4 Å². The van der Waals surface area contributed by atoms with E-state index in [1.54, 1.807) is 18.5 Å². The van der Waals surface area contributed by atoms with E-state index in [1.165, 1.54) is 13.3 Å². The van der Waals surface area contributed by atoms with Crippen molar-refractivity contribution >= 4 is 12.1 Å². The fourth-order valence-electron chi connectivity index (χ4n) is 1.70. The Labute approximate surface area is 117 Å². The van der Waals surface area contributed by atoms with E-state index in [2.05, 4.69) is 15.5 Å². The maximum absolute atomic E-state index is 12.0. The molecule has 0 radical (unpaired) electrons. The monoisotopic (exact) mass is 269 g/mol. The molecule has 20 heavy (non-hydrogen) atoms. The van der Waals surface area contributed by atoms with Gasteiger partial charge < -0.3 is 4.74 Å². The largest absolute Gasteiger partial charge is 0.367 e. The Morgan fingerprint density at radius 3 is 2.75 bits per heavy atom. The van der Waals surface area contributed by atoms with Crippen molar-refractivity contribution in [2.24, 2.45) is 5.10 Å². The highest BCUT2D eigenvalue weighted by molar-refractivity contribution is 5.84. The number of rotatable bonds is 5. The smallest absolute Gasteiger partial charge is 0.273 e. The molecular formula is C15H15N3O2. The van der Waals surface area contributed by atoms with E-state index >= 15 is 0 Å². The molecule has 0 saturated heterocycles. The predicted molar refractivity (Wildman–Crippen MR) is 76.2 cm³/mol. The summed E-state index contributed by atoms with van der Waals surface area (Å²) in [5.74, 6) is -0.321. The number of ether oxygens (including phenoxy) is 1. The van der Waals surface area contributed by atoms with Crippen molar-refractivity contribution < 1.29 is 9.53 Å². The van der Waals surface area contributed by atoms with E-state index in [0.29, 0.717) is 0 Å². The molecule has 1 amide bonds. The Kier molecular flexibility index (Phi) is 4.97. The number of hydrogen-bond acceptors (Lipinski definition) is 4. The fourth-order valence-corrected chi connectivity index (χ4v) is 1.70. The topological polar surface area (TPSA) is 63.6 Å². The van der Waals surface area contributed by atoms with Crippen LogP contribution in [0.15, 0.2) is 60.0 Å². The lowest BCUT2D eigenvalue weighted by Crippen LogP contribution is -2.26. The third kappa shape index (κ3) is 3.73. The van der Waals surface area contributed by atoms with Crippen LogP contribution in [0.3, 0.4) is 0 Å². The highest BCUT2D eigenvalue weighted by Crippen LogP contribution is 2.15. The van der Waals surface area contributed by atoms with Crippen LogP contribution in [0.1, 0.15) is 17.2 Å². The zero-order valence-electron chi connectivity index (χ0n) is 11.1. The molecule has 0 bridgehead atoms. The van der Waals surface area contributed by atoms with Crippen molar-refractivity contribution in [3.05, 3.63) is 66.0 Å². The maximum atomic E-state index is 12.0. The Morgan fingerprint density at radius 1 is 1.30 bits per heavy atom. The molecule has 1 aromatic heterocycles. The number of carbonyl (C=O) groups excluding carboxylic acids is 1. The number of nitrogens with zero attached hydrogens (tertiary/aromatic N) is 2. The van der Waals surface area contributed by atoms with Crippen molar-refractivity contribution in [2.75, 3.05) is 7.11 Å². The van der Waals surface area contributed by atoms with Crippen molar-refractivity contribution in [1.29, 1.82) is 0 Å². The summed E-state index contributed by atoms with van der Waals surface area (Å²) in [6.07, 6.45) is 4.18. The third-order valence-electron chi connectivity index (χ3n) is 2.65. The minimum atomic E-state index is -0.678. The number of nitrogens with one attached hydrogen (secondary N) is 1. The average Bonchev–Trinajstić information content (AvgIpc) is 2.50. The third-order valence-corrected chi connectivity index (χ3v) is 2.65. The molecule has 0 saturated carbocycles. The molecule has 5 heteroatoms. The molecule has 2 rings (SSSR count). The van der Waals surface area contributed by atoms with Crippen molar-refractivity contribution in [3.8, 4) is 0 Å². The van der Waals surface area contributed by atoms with Gasteiger partial charge in [-0.2, -0.15) is 5.10 Å². The zero-order valence-corrected chi connectivity index (χ0v) is 11.1. The number of aromatic nitrogens is 1. The van der Waals surface area contributed by atoms with Crippen LogP contribution in [-0.4, -0.2) is 24.2 Å². The first-order valence-electron chi connectivity index (χ1n) is 6.12. The number of hydrazone groups is 1. The second-order valence-corrected chi connectivity index (χ2v) is 4.05. The number of amides is 1. The van der Waals surface area contributed by atoms with Crippen molar-refractivity contribution in [3.63, 3.8) is 0 Å². The highest BCUT2D eigenvalue weighted by Gasteiger charge is 2.18. The molecular weight excluding hydrogens is 254 g/mol. The summed E-state index contributed by atoms with van der Waals surface area (Å²) in [5, 5.41) is 3.89. The second kappa shape index (κ2) is 7.16. The maximum Gasteiger partial charge on any atom is 0.273 e. The molecule has 102 valence electrons. The number of hydrogen-bond donors (Lipinski definition) is 1. The molecule has 1 heterocycles. The number of benzene rings is 1. The first kappa shape index (κ1) is 13.9. The van der Waals surface area contributed by atoms with Gasteiger partial charge in [0.2, 0.25) is 0 Å². The molecule has 0 fully saturated rings. The number of pyridine rings is 1. The lowest BCUT2D eigenvalue weighted by atomic mass is 10.1. The average molecular weight is 269 g/mol. The molecule has 5 nitrogen and oxygen atoms in total. The Hall–Kier alpha value is -2.53. The van der Waals surface area contributed by atoms with E-state index in [0.717, 1.165) is 11.1 Å². The van der Waals surface area contributed by atoms with Gasteiger partial charge in [-0.3, -0.25) is 9.78 Å². The van der Waals surface area contributed by atoms with E-state index in [9.17, 15) is 4.79 Å². The van der Waals surface area contributed by atoms with Crippen molar-refractivity contribution in [2.45, 2.75) is 6.10 Å². The summed E-state index contributed by atoms with van der Waals surface area (Å²) >= 11 is 0. The minimum absolute atomic E-state index is 0.321. The lowest BCUT2D eigenvalue weighted by Gasteiger charge is -2.13. The highest BCUT2D eigenvalue weighted by atomic mass is 16.5. The summed E-state index contributed by atoms with van der Waals surface area (Å²) in [7, 11) is 1.49. The predicted octanol–water partition coefficient (Wildman–Crippen LogP) is 1.92. The van der Waals surface area contributed by atoms with E-state index in [1.807, 2.05) is 36.4 Å². The van der Waals surface area contributed by atoms with Crippen LogP contribution >= 0.6 is 0 Å². The normalized spacial score (nSPS) is 12.2. The van der Waals surface area contributed by atoms with Gasteiger partial charge in [-0.05, 0) is 11.6 Å². The summed E-state index contributed by atoms with van der Waals surface area (Å²) < 4.78 is 5.20. The fraction of sp³-hybridized carbons (Fsp3) is 0.133. The summed E-state index contributed by atoms with van der Waals surface area (Å²) in [4.78, 5) is 16.0. The van der Waals surface area contributed by atoms with Gasteiger partial charge in [0.1, 0.15) is 0 Å². The van der Waals surface area contributed by atoms with Crippen LogP contribution in [0, 0.1) is 0 Å². The quantitative estimate of drug-likeness (QED) is 0.666. The van der Waals surface area contributed by atoms with Gasteiger partial charge in [-0.25, -0.2) is 5.43 Å². The van der Waals surface area contributed by atoms with Crippen LogP contribution in [0.2, 0.25) is 0 Å². The van der Waals surface area contributed by atoms with Gasteiger partial charge in [-0.15, -0.1) is 0 Å². The number of methoxy groups -OCH3 is 1. The van der Waals surface area contributed by atoms with Crippen molar-refractivity contribution in [1.82, 2.24) is 10.4 Å². The molecule has 0 aliphatic carbocycles. The molecule has 2 aromatic rings. The Balaban J connectivity index is 1.99. The minimum Gasteiger partial charge on any atom is -0.367 e. The Morgan fingerprint density at radius 2 is 2.10 bits per heavy atom. The second-order valence-electron chi connectivity index (χ2n) is 4.05. The van der Waals surface area contributed by atoms with E-state index in [-0.39, 0.29) is 5.91 Å². The summed E-state index contributed by atoms with van der Waals surface area (Å²) in [6.45, 7) is 0. The van der Waals surface area contributed by atoms with Crippen LogP contribution < -0.4 is 5.43 Å². The molecule has 1 N–H and O–H groups in total. The standard InChI is InChI=1S/C15H15N3O2/c1-20-14(13-7-3-2-4-8-13)15(19)18-17-11-12-6-5-9-16-10-12/h2-11,14H,1H3,(H,18,19)/b17-11-/t14-/m1/s1. The molecule has 1 atom stereocenters. The Bertz CT molecular complexity index is 570.